The van der Waals surface area contributed by atoms with Gasteiger partial charge in [-0.15, -0.1) is 0 Å². The van der Waals surface area contributed by atoms with Gasteiger partial charge in [0.1, 0.15) is 0 Å². The average Bonchev–Trinajstić information content (AvgIpc) is 3.19. The van der Waals surface area contributed by atoms with Crippen LogP contribution in [0.3, 0.4) is 0 Å². The highest BCUT2D eigenvalue weighted by atomic mass is 127. The third kappa shape index (κ3) is 13.8. The molecular weight excluding hydrogens is 1220 g/mol. The van der Waals surface area contributed by atoms with E-state index < -0.39 is 87.1 Å². The predicted octanol–water partition coefficient (Wildman–Crippen LogP) is -2.51. The fourth-order valence-corrected chi connectivity index (χ4v) is 10.9. The summed E-state index contributed by atoms with van der Waals surface area (Å²) in [6.45, 7) is -1.59. The van der Waals surface area contributed by atoms with E-state index in [2.05, 4.69) is 26.6 Å². The minimum atomic E-state index is -1.39. The van der Waals surface area contributed by atoms with Crippen LogP contribution in [0.25, 0.3) is 0 Å². The number of aliphatic hydroxyl groups is 9. The minimum Gasteiger partial charge on any atom is -0.394 e. The van der Waals surface area contributed by atoms with Crippen molar-refractivity contribution in [1.82, 2.24) is 21.3 Å². The standard InChI is InChI=1S/C34H46I4N6O14/c1-14-21(31(55)40-4-17(51)9-45)26(36)29(27(37)22(14)32(56)41-5-18(52)10-46)39-3-16(50)8-44(13-49)30-15(2)23(33(57)42-6-19(53)11-47)25(35)24(28(30)38)34(58)43-7-20(54)12-48/h13,16-20,39,45-48,50-54H,3-12H2,1-2H3,(H,40,55)(H,41,56)(H,42,57)(H,43,58). The molecule has 14 N–H and O–H groups in total. The molecule has 2 rings (SSSR count). The first-order valence-corrected chi connectivity index (χ1v) is 21.6. The Bertz CT molecular complexity index is 1700. The molecule has 5 unspecified atom stereocenters. The van der Waals surface area contributed by atoms with Gasteiger partial charge in [0.25, 0.3) is 23.6 Å². The van der Waals surface area contributed by atoms with Crippen LogP contribution in [0.4, 0.5) is 11.4 Å². The first-order chi connectivity index (χ1) is 27.3. The van der Waals surface area contributed by atoms with Crippen molar-refractivity contribution in [2.24, 2.45) is 0 Å². The molecule has 0 radical (unpaired) electrons. The lowest BCUT2D eigenvalue weighted by molar-refractivity contribution is -0.107. The zero-order valence-electron chi connectivity index (χ0n) is 31.1. The number of nitrogens with one attached hydrogen (secondary N) is 5. The van der Waals surface area contributed by atoms with Gasteiger partial charge in [-0.05, 0) is 115 Å². The van der Waals surface area contributed by atoms with Crippen molar-refractivity contribution in [3.8, 4) is 0 Å². The summed E-state index contributed by atoms with van der Waals surface area (Å²) in [7, 11) is 0. The Balaban J connectivity index is 2.63. The van der Waals surface area contributed by atoms with Crippen LogP contribution in [0, 0.1) is 28.1 Å². The lowest BCUT2D eigenvalue weighted by Gasteiger charge is -2.28. The summed E-state index contributed by atoms with van der Waals surface area (Å²) >= 11 is 7.32. The molecule has 20 nitrogen and oxygen atoms in total. The Kier molecular flexibility index (Phi) is 22.7. The second-order valence-corrected chi connectivity index (χ2v) is 17.0. The zero-order valence-corrected chi connectivity index (χ0v) is 39.7. The molecule has 0 heterocycles. The Labute approximate surface area is 387 Å². The molecule has 0 aliphatic carbocycles. The predicted molar refractivity (Wildman–Crippen MR) is 243 cm³/mol. The number of nitrogens with zero attached hydrogens (tertiary/aromatic N) is 1. The molecule has 0 fully saturated rings. The summed E-state index contributed by atoms with van der Waals surface area (Å²) in [6.07, 6.45) is -6.14. The lowest BCUT2D eigenvalue weighted by Crippen LogP contribution is -2.39. The smallest absolute Gasteiger partial charge is 0.253 e. The number of rotatable bonds is 23. The molecule has 0 spiro atoms. The van der Waals surface area contributed by atoms with Gasteiger partial charge in [-0.2, -0.15) is 0 Å². The maximum absolute atomic E-state index is 13.5. The molecule has 0 bridgehead atoms. The van der Waals surface area contributed by atoms with Crippen LogP contribution in [0.1, 0.15) is 52.6 Å². The van der Waals surface area contributed by atoms with Crippen LogP contribution in [0.15, 0.2) is 0 Å². The SMILES string of the molecule is Cc1c(C(=O)NCC(O)CO)c(I)c(NCC(O)CN(C=O)c2c(C)c(C(=O)NCC(O)CO)c(I)c(C(=O)NCC(O)CO)c2I)c(I)c1C(=O)NCC(O)CO. The normalized spacial score (nSPS) is 13.8. The topological polar surface area (TPSA) is 331 Å². The molecular formula is C34H46I4N6O14. The van der Waals surface area contributed by atoms with Crippen LogP contribution in [0.5, 0.6) is 0 Å². The van der Waals surface area contributed by atoms with Crippen molar-refractivity contribution in [1.29, 1.82) is 0 Å². The van der Waals surface area contributed by atoms with Crippen LogP contribution < -0.4 is 31.5 Å². The fourth-order valence-electron chi connectivity index (χ4n) is 5.25. The van der Waals surface area contributed by atoms with Crippen LogP contribution in [0.2, 0.25) is 0 Å². The number of carbonyl (C=O) groups excluding carboxylic acids is 5. The lowest BCUT2D eigenvalue weighted by atomic mass is 9.99. The number of hydrogen-bond donors (Lipinski definition) is 14. The molecule has 0 aliphatic rings. The number of halogens is 4. The molecule has 324 valence electrons. The quantitative estimate of drug-likeness (QED) is 0.0404. The van der Waals surface area contributed by atoms with Gasteiger partial charge in [0.15, 0.2) is 0 Å². The van der Waals surface area contributed by atoms with E-state index in [1.165, 1.54) is 13.8 Å². The van der Waals surface area contributed by atoms with Gasteiger partial charge in [0.05, 0.1) is 108 Å². The van der Waals surface area contributed by atoms with E-state index in [9.17, 15) is 69.9 Å². The number of anilines is 2. The van der Waals surface area contributed by atoms with E-state index in [0.29, 0.717) is 13.6 Å². The number of amides is 5. The number of benzene rings is 2. The second-order valence-electron chi connectivity index (χ2n) is 12.7. The first-order valence-electron chi connectivity index (χ1n) is 17.3. The average molecular weight is 1270 g/mol. The Hall–Kier alpha value is -1.85. The monoisotopic (exact) mass is 1270 g/mol. The van der Waals surface area contributed by atoms with Crippen molar-refractivity contribution in [3.63, 3.8) is 0 Å². The van der Waals surface area contributed by atoms with Gasteiger partial charge in [-0.3, -0.25) is 24.0 Å². The Morgan fingerprint density at radius 2 is 0.879 bits per heavy atom. The number of hydrogen-bond acceptors (Lipinski definition) is 15. The van der Waals surface area contributed by atoms with Crippen LogP contribution in [-0.4, -0.2) is 172 Å². The Morgan fingerprint density at radius 1 is 0.534 bits per heavy atom. The summed E-state index contributed by atoms with van der Waals surface area (Å²) in [6, 6.07) is 0. The molecule has 2 aromatic rings. The van der Waals surface area contributed by atoms with E-state index >= 15 is 0 Å². The fraction of sp³-hybridized carbons (Fsp3) is 0.500. The van der Waals surface area contributed by atoms with E-state index in [-0.39, 0.29) is 84.6 Å². The summed E-state index contributed by atoms with van der Waals surface area (Å²) in [4.78, 5) is 67.6. The maximum Gasteiger partial charge on any atom is 0.253 e. The summed E-state index contributed by atoms with van der Waals surface area (Å²) in [5, 5.41) is 101. The summed E-state index contributed by atoms with van der Waals surface area (Å²) < 4.78 is 0.923. The molecule has 58 heavy (non-hydrogen) atoms. The largest absolute Gasteiger partial charge is 0.394 e. The van der Waals surface area contributed by atoms with Crippen molar-refractivity contribution >= 4 is 132 Å². The van der Waals surface area contributed by atoms with Crippen molar-refractivity contribution in [2.75, 3.05) is 75.9 Å². The minimum absolute atomic E-state index is 0.0178. The van der Waals surface area contributed by atoms with Crippen molar-refractivity contribution < 1.29 is 69.9 Å². The van der Waals surface area contributed by atoms with E-state index in [0.717, 1.165) is 4.90 Å². The summed E-state index contributed by atoms with van der Waals surface area (Å²) in [5.41, 5.74) is 0.605. The van der Waals surface area contributed by atoms with E-state index in [1.54, 1.807) is 22.6 Å². The second kappa shape index (κ2) is 25.2. The highest BCUT2D eigenvalue weighted by Gasteiger charge is 2.31. The highest BCUT2D eigenvalue weighted by molar-refractivity contribution is 14.1. The molecule has 0 aromatic heterocycles. The van der Waals surface area contributed by atoms with Gasteiger partial charge in [0, 0.05) is 36.3 Å². The van der Waals surface area contributed by atoms with Crippen LogP contribution >= 0.6 is 90.4 Å². The van der Waals surface area contributed by atoms with Gasteiger partial charge in [-0.25, -0.2) is 0 Å². The maximum atomic E-state index is 13.5. The van der Waals surface area contributed by atoms with Gasteiger partial charge < -0.3 is 77.4 Å². The van der Waals surface area contributed by atoms with Crippen molar-refractivity contribution in [2.45, 2.75) is 44.4 Å². The van der Waals surface area contributed by atoms with Gasteiger partial charge >= 0.3 is 0 Å². The number of aliphatic hydroxyl groups excluding tert-OH is 9. The highest BCUT2D eigenvalue weighted by Crippen LogP contribution is 2.37. The third-order valence-corrected chi connectivity index (χ3v) is 12.6. The van der Waals surface area contributed by atoms with E-state index in [4.69, 9.17) is 0 Å². The zero-order chi connectivity index (χ0) is 44.0. The Morgan fingerprint density at radius 3 is 1.22 bits per heavy atom. The van der Waals surface area contributed by atoms with Gasteiger partial charge in [0.2, 0.25) is 6.41 Å². The summed E-state index contributed by atoms with van der Waals surface area (Å²) in [5.74, 6) is -2.93. The van der Waals surface area contributed by atoms with E-state index in [1.807, 2.05) is 67.8 Å². The third-order valence-electron chi connectivity index (χ3n) is 8.31. The molecule has 0 aliphatic heterocycles. The molecule has 24 heteroatoms. The molecule has 2 aromatic carbocycles. The molecule has 5 amide bonds. The molecule has 5 atom stereocenters. The molecule has 0 saturated carbocycles. The van der Waals surface area contributed by atoms with Gasteiger partial charge in [-0.1, -0.05) is 0 Å². The molecule has 0 saturated heterocycles. The number of carbonyl (C=O) groups is 5. The van der Waals surface area contributed by atoms with Crippen molar-refractivity contribution in [3.05, 3.63) is 47.7 Å². The van der Waals surface area contributed by atoms with Crippen LogP contribution in [-0.2, 0) is 4.79 Å². The first kappa shape index (κ1) is 52.3.